The van der Waals surface area contributed by atoms with Gasteiger partial charge < -0.3 is 20.3 Å². The number of carbonyl (C=O) groups excluding carboxylic acids is 1. The lowest BCUT2D eigenvalue weighted by atomic mass is 9.85. The molecule has 1 unspecified atom stereocenters. The molecule has 0 saturated carbocycles. The second kappa shape index (κ2) is 12.6. The van der Waals surface area contributed by atoms with Gasteiger partial charge >= 0.3 is 12.1 Å². The molecule has 0 aliphatic rings. The molecule has 1 amide bonds. The number of primary amides is 1. The Kier molecular flexibility index (Phi) is 9.84. The summed E-state index contributed by atoms with van der Waals surface area (Å²) in [7, 11) is 1.64. The Hall–Kier alpha value is -3.85. The summed E-state index contributed by atoms with van der Waals surface area (Å²) in [5.74, 6) is -2.52. The summed E-state index contributed by atoms with van der Waals surface area (Å²) in [6.45, 7) is 2.99. The van der Waals surface area contributed by atoms with Gasteiger partial charge in [0.25, 0.3) is 0 Å². The van der Waals surface area contributed by atoms with Crippen molar-refractivity contribution in [2.75, 3.05) is 20.3 Å². The van der Waals surface area contributed by atoms with Gasteiger partial charge in [-0.05, 0) is 34.4 Å². The Morgan fingerprint density at radius 2 is 1.51 bits per heavy atom. The first-order valence-electron chi connectivity index (χ1n) is 10.6. The van der Waals surface area contributed by atoms with Gasteiger partial charge in [-0.3, -0.25) is 4.79 Å². The topological polar surface area (TPSA) is 98.9 Å². The molecule has 0 spiro atoms. The minimum absolute atomic E-state index is 0.0165. The fourth-order valence-corrected chi connectivity index (χ4v) is 3.35. The first kappa shape index (κ1) is 27.4. The standard InChI is InChI=1S/C24H25NO3.C2HF3O2/c1-17(18-9-5-3-6-10-18)21-15-20(28-14-13-27-2)16-22(23(21)24(25)26)19-11-7-4-8-12-19;3-2(4,5)1(6)7/h3-12,15-17H,13-14H2,1-2H3,(H2,25,26);(H,6,7). The van der Waals surface area contributed by atoms with Crippen molar-refractivity contribution in [1.29, 1.82) is 0 Å². The summed E-state index contributed by atoms with van der Waals surface area (Å²) in [5.41, 5.74) is 10.0. The molecule has 0 aromatic heterocycles. The van der Waals surface area contributed by atoms with Gasteiger partial charge in [-0.15, -0.1) is 0 Å². The molecular weight excluding hydrogens is 463 g/mol. The summed E-state index contributed by atoms with van der Waals surface area (Å²) >= 11 is 0. The number of nitrogens with two attached hydrogens (primary N) is 1. The molecule has 3 rings (SSSR count). The summed E-state index contributed by atoms with van der Waals surface area (Å²) in [4.78, 5) is 21.4. The molecule has 35 heavy (non-hydrogen) atoms. The molecule has 0 bridgehead atoms. The van der Waals surface area contributed by atoms with Crippen molar-refractivity contribution < 1.29 is 37.3 Å². The largest absolute Gasteiger partial charge is 0.491 e. The number of hydrogen-bond acceptors (Lipinski definition) is 4. The molecule has 3 N–H and O–H groups in total. The second-order valence-electron chi connectivity index (χ2n) is 7.44. The lowest BCUT2D eigenvalue weighted by Gasteiger charge is -2.21. The van der Waals surface area contributed by atoms with Crippen LogP contribution in [0.5, 0.6) is 5.75 Å². The van der Waals surface area contributed by atoms with Gasteiger partial charge in [0.15, 0.2) is 0 Å². The molecule has 3 aromatic rings. The van der Waals surface area contributed by atoms with Crippen LogP contribution in [0.15, 0.2) is 72.8 Å². The number of aliphatic carboxylic acids is 1. The number of amides is 1. The number of alkyl halides is 3. The van der Waals surface area contributed by atoms with E-state index in [9.17, 15) is 18.0 Å². The third-order valence-corrected chi connectivity index (χ3v) is 5.04. The maximum atomic E-state index is 12.5. The van der Waals surface area contributed by atoms with Crippen molar-refractivity contribution in [2.45, 2.75) is 19.0 Å². The third-order valence-electron chi connectivity index (χ3n) is 5.04. The smallest absolute Gasteiger partial charge is 0.490 e. The Bertz CT molecular complexity index is 1120. The van der Waals surface area contributed by atoms with Crippen molar-refractivity contribution >= 4 is 11.9 Å². The molecule has 6 nitrogen and oxygen atoms in total. The number of halogens is 3. The molecule has 0 saturated heterocycles. The van der Waals surface area contributed by atoms with E-state index < -0.39 is 18.1 Å². The molecule has 3 aromatic carbocycles. The monoisotopic (exact) mass is 489 g/mol. The number of carboxylic acids is 1. The third kappa shape index (κ3) is 7.86. The molecule has 0 aliphatic carbocycles. The Balaban J connectivity index is 0.000000540. The summed E-state index contributed by atoms with van der Waals surface area (Å²) < 4.78 is 42.7. The van der Waals surface area contributed by atoms with Gasteiger partial charge in [0, 0.05) is 13.0 Å². The van der Waals surface area contributed by atoms with Crippen LogP contribution in [0.25, 0.3) is 11.1 Å². The highest BCUT2D eigenvalue weighted by Gasteiger charge is 2.38. The van der Waals surface area contributed by atoms with Crippen molar-refractivity contribution in [3.8, 4) is 16.9 Å². The zero-order valence-electron chi connectivity index (χ0n) is 19.2. The highest BCUT2D eigenvalue weighted by Crippen LogP contribution is 2.37. The van der Waals surface area contributed by atoms with E-state index in [0.717, 1.165) is 22.3 Å². The van der Waals surface area contributed by atoms with Crippen molar-refractivity contribution in [3.63, 3.8) is 0 Å². The quantitative estimate of drug-likeness (QED) is 0.421. The fourth-order valence-electron chi connectivity index (χ4n) is 3.35. The normalized spacial score (nSPS) is 11.7. The molecule has 0 fully saturated rings. The van der Waals surface area contributed by atoms with Gasteiger partial charge in [-0.2, -0.15) is 13.2 Å². The van der Waals surface area contributed by atoms with Crippen molar-refractivity contribution in [2.24, 2.45) is 5.73 Å². The van der Waals surface area contributed by atoms with Crippen molar-refractivity contribution in [1.82, 2.24) is 0 Å². The highest BCUT2D eigenvalue weighted by molar-refractivity contribution is 6.02. The minimum Gasteiger partial charge on any atom is -0.491 e. The van der Waals surface area contributed by atoms with E-state index in [4.69, 9.17) is 25.1 Å². The predicted molar refractivity (Wildman–Crippen MR) is 125 cm³/mol. The van der Waals surface area contributed by atoms with E-state index in [2.05, 4.69) is 19.1 Å². The summed E-state index contributed by atoms with van der Waals surface area (Å²) in [5, 5.41) is 7.12. The maximum Gasteiger partial charge on any atom is 0.490 e. The SMILES string of the molecule is COCCOc1cc(-c2ccccc2)c(C(N)=O)c(C(C)c2ccccc2)c1.O=C(O)C(F)(F)F. The number of carbonyl (C=O) groups is 2. The minimum atomic E-state index is -5.08. The van der Waals surface area contributed by atoms with Crippen LogP contribution in [0.2, 0.25) is 0 Å². The first-order valence-corrected chi connectivity index (χ1v) is 10.6. The number of rotatable bonds is 8. The zero-order valence-corrected chi connectivity index (χ0v) is 19.2. The summed E-state index contributed by atoms with van der Waals surface area (Å²) in [6, 6.07) is 23.6. The molecule has 0 aliphatic heterocycles. The van der Waals surface area contributed by atoms with Gasteiger partial charge in [0.2, 0.25) is 5.91 Å². The van der Waals surface area contributed by atoms with Gasteiger partial charge in [-0.1, -0.05) is 67.6 Å². The average Bonchev–Trinajstić information content (AvgIpc) is 2.84. The molecule has 0 radical (unpaired) electrons. The van der Waals surface area contributed by atoms with Crippen LogP contribution in [0.4, 0.5) is 13.2 Å². The van der Waals surface area contributed by atoms with E-state index in [-0.39, 0.29) is 5.92 Å². The number of ether oxygens (including phenoxy) is 2. The molecular formula is C26H26F3NO5. The van der Waals surface area contributed by atoms with Crippen LogP contribution in [-0.4, -0.2) is 43.5 Å². The lowest BCUT2D eigenvalue weighted by Crippen LogP contribution is -2.21. The predicted octanol–water partition coefficient (Wildman–Crippen LogP) is 5.26. The fraction of sp³-hybridized carbons (Fsp3) is 0.231. The number of benzene rings is 3. The van der Waals surface area contributed by atoms with Gasteiger partial charge in [0.05, 0.1) is 12.2 Å². The average molecular weight is 489 g/mol. The highest BCUT2D eigenvalue weighted by atomic mass is 19.4. The lowest BCUT2D eigenvalue weighted by molar-refractivity contribution is -0.192. The van der Waals surface area contributed by atoms with Crippen LogP contribution in [-0.2, 0) is 9.53 Å². The second-order valence-corrected chi connectivity index (χ2v) is 7.44. The Morgan fingerprint density at radius 3 is 2.00 bits per heavy atom. The Labute approximate surface area is 201 Å². The van der Waals surface area contributed by atoms with E-state index >= 15 is 0 Å². The van der Waals surface area contributed by atoms with Crippen LogP contribution in [0.3, 0.4) is 0 Å². The number of methoxy groups -OCH3 is 1. The van der Waals surface area contributed by atoms with Crippen LogP contribution in [0.1, 0.15) is 34.3 Å². The number of hydrogen-bond donors (Lipinski definition) is 2. The van der Waals surface area contributed by atoms with Crippen LogP contribution < -0.4 is 10.5 Å². The van der Waals surface area contributed by atoms with Crippen LogP contribution in [0, 0.1) is 0 Å². The molecule has 0 heterocycles. The zero-order chi connectivity index (χ0) is 26.0. The van der Waals surface area contributed by atoms with E-state index in [0.29, 0.717) is 24.5 Å². The van der Waals surface area contributed by atoms with E-state index in [1.165, 1.54) is 0 Å². The van der Waals surface area contributed by atoms with E-state index in [1.54, 1.807) is 7.11 Å². The Morgan fingerprint density at radius 1 is 0.971 bits per heavy atom. The molecule has 9 heteroatoms. The maximum absolute atomic E-state index is 12.5. The van der Waals surface area contributed by atoms with E-state index in [1.807, 2.05) is 60.7 Å². The number of carboxylic acid groups (broad SMARTS) is 1. The first-order chi connectivity index (χ1) is 16.6. The van der Waals surface area contributed by atoms with Gasteiger partial charge in [-0.25, -0.2) is 4.79 Å². The molecule has 186 valence electrons. The van der Waals surface area contributed by atoms with Crippen LogP contribution >= 0.6 is 0 Å². The van der Waals surface area contributed by atoms with Crippen molar-refractivity contribution in [3.05, 3.63) is 89.5 Å². The summed E-state index contributed by atoms with van der Waals surface area (Å²) in [6.07, 6.45) is -5.08. The molecule has 1 atom stereocenters. The van der Waals surface area contributed by atoms with Gasteiger partial charge in [0.1, 0.15) is 12.4 Å².